The molecule has 1 heterocycles. The third-order valence-electron chi connectivity index (χ3n) is 3.52. The number of hydrogen-bond donors (Lipinski definition) is 2. The molecule has 2 aromatic rings. The molecule has 0 fully saturated rings. The average molecular weight is 259 g/mol. The number of nitrogens with zero attached hydrogens (tertiary/aromatic N) is 2. The van der Waals surface area contributed by atoms with E-state index in [4.69, 9.17) is 0 Å². The van der Waals surface area contributed by atoms with Gasteiger partial charge < -0.3 is 10.4 Å². The van der Waals surface area contributed by atoms with Crippen LogP contribution in [0.5, 0.6) is 5.75 Å². The molecule has 0 radical (unpaired) electrons. The summed E-state index contributed by atoms with van der Waals surface area (Å²) in [5.41, 5.74) is 4.93. The first-order valence-electron chi connectivity index (χ1n) is 6.46. The van der Waals surface area contributed by atoms with Gasteiger partial charge in [0.05, 0.1) is 11.7 Å². The summed E-state index contributed by atoms with van der Waals surface area (Å²) in [4.78, 5) is 0. The number of nitrogens with one attached hydrogen (secondary N) is 1. The van der Waals surface area contributed by atoms with Gasteiger partial charge in [-0.1, -0.05) is 6.07 Å². The molecule has 2 rings (SSSR count). The van der Waals surface area contributed by atoms with Gasteiger partial charge in [0.15, 0.2) is 0 Å². The van der Waals surface area contributed by atoms with Crippen LogP contribution in [-0.4, -0.2) is 14.9 Å². The van der Waals surface area contributed by atoms with Crippen molar-refractivity contribution in [2.45, 2.75) is 33.7 Å². The lowest BCUT2D eigenvalue weighted by Crippen LogP contribution is -2.08. The second kappa shape index (κ2) is 4.96. The van der Waals surface area contributed by atoms with Gasteiger partial charge in [0.2, 0.25) is 0 Å². The van der Waals surface area contributed by atoms with Crippen LogP contribution in [0.3, 0.4) is 0 Å². The lowest BCUT2D eigenvalue weighted by molar-refractivity contribution is 0.467. The van der Waals surface area contributed by atoms with E-state index in [0.29, 0.717) is 5.75 Å². The van der Waals surface area contributed by atoms with Crippen molar-refractivity contribution in [3.63, 3.8) is 0 Å². The first kappa shape index (κ1) is 13.5. The van der Waals surface area contributed by atoms with Crippen molar-refractivity contribution >= 4 is 5.69 Å². The molecule has 0 saturated heterocycles. The molecule has 0 spiro atoms. The molecule has 0 aliphatic rings. The van der Waals surface area contributed by atoms with Crippen molar-refractivity contribution in [1.29, 1.82) is 0 Å². The Morgan fingerprint density at radius 3 is 2.53 bits per heavy atom. The number of aromatic nitrogens is 2. The van der Waals surface area contributed by atoms with Crippen LogP contribution in [0.15, 0.2) is 18.3 Å². The molecule has 0 saturated carbocycles. The number of rotatable bonds is 3. The third-order valence-corrected chi connectivity index (χ3v) is 3.52. The van der Waals surface area contributed by atoms with E-state index in [1.807, 2.05) is 50.8 Å². The highest BCUT2D eigenvalue weighted by molar-refractivity contribution is 5.59. The highest BCUT2D eigenvalue weighted by atomic mass is 16.3. The van der Waals surface area contributed by atoms with Gasteiger partial charge >= 0.3 is 0 Å². The van der Waals surface area contributed by atoms with Crippen molar-refractivity contribution in [1.82, 2.24) is 9.78 Å². The molecule has 0 aliphatic heterocycles. The van der Waals surface area contributed by atoms with E-state index in [9.17, 15) is 5.11 Å². The van der Waals surface area contributed by atoms with Crippen molar-refractivity contribution in [2.24, 2.45) is 7.05 Å². The topological polar surface area (TPSA) is 50.1 Å². The maximum atomic E-state index is 9.97. The van der Waals surface area contributed by atoms with Crippen LogP contribution >= 0.6 is 0 Å². The largest absolute Gasteiger partial charge is 0.507 e. The van der Waals surface area contributed by atoms with Crippen LogP contribution < -0.4 is 5.32 Å². The summed E-state index contributed by atoms with van der Waals surface area (Å²) in [6.45, 7) is 7.93. The highest BCUT2D eigenvalue weighted by Gasteiger charge is 2.14. The third kappa shape index (κ3) is 2.57. The molecule has 0 aliphatic carbocycles. The number of phenols is 1. The maximum absolute atomic E-state index is 9.97. The number of phenolic OH excluding ortho intramolecular Hbond substituents is 1. The van der Waals surface area contributed by atoms with Crippen LogP contribution in [0.1, 0.15) is 35.3 Å². The summed E-state index contributed by atoms with van der Waals surface area (Å²) in [5, 5.41) is 17.8. The summed E-state index contributed by atoms with van der Waals surface area (Å²) in [5.74, 6) is 0.361. The van der Waals surface area contributed by atoms with Crippen molar-refractivity contribution in [3.8, 4) is 5.75 Å². The lowest BCUT2D eigenvalue weighted by atomic mass is 10.1. The second-order valence-electron chi connectivity index (χ2n) is 5.11. The zero-order valence-electron chi connectivity index (χ0n) is 12.2. The minimum absolute atomic E-state index is 0.148. The molecule has 1 aromatic carbocycles. The summed E-state index contributed by atoms with van der Waals surface area (Å²) in [6, 6.07) is 4.08. The van der Waals surface area contributed by atoms with Crippen LogP contribution in [0.4, 0.5) is 5.69 Å². The Labute approximate surface area is 114 Å². The number of hydrogen-bond acceptors (Lipinski definition) is 3. The highest BCUT2D eigenvalue weighted by Crippen LogP contribution is 2.30. The lowest BCUT2D eigenvalue weighted by Gasteiger charge is -2.18. The zero-order chi connectivity index (χ0) is 14.2. The number of benzene rings is 1. The first-order valence-corrected chi connectivity index (χ1v) is 6.46. The number of aromatic hydroxyl groups is 1. The molecule has 2 N–H and O–H groups in total. The molecule has 0 bridgehead atoms. The fraction of sp³-hybridized carbons (Fsp3) is 0.400. The molecular weight excluding hydrogens is 238 g/mol. The van der Waals surface area contributed by atoms with Crippen molar-refractivity contribution < 1.29 is 5.11 Å². The minimum atomic E-state index is 0.148. The van der Waals surface area contributed by atoms with Gasteiger partial charge in [-0.25, -0.2) is 0 Å². The second-order valence-corrected chi connectivity index (χ2v) is 5.11. The normalized spacial score (nSPS) is 12.5. The van der Waals surface area contributed by atoms with E-state index in [-0.39, 0.29) is 6.04 Å². The first-order chi connectivity index (χ1) is 8.90. The summed E-state index contributed by atoms with van der Waals surface area (Å²) < 4.78 is 1.82. The van der Waals surface area contributed by atoms with Crippen LogP contribution in [0.25, 0.3) is 0 Å². The number of anilines is 1. The van der Waals surface area contributed by atoms with E-state index in [0.717, 1.165) is 22.5 Å². The summed E-state index contributed by atoms with van der Waals surface area (Å²) in [7, 11) is 1.92. The molecule has 1 aromatic heterocycles. The molecular formula is C15H21N3O. The van der Waals surface area contributed by atoms with Crippen LogP contribution in [-0.2, 0) is 7.05 Å². The molecule has 19 heavy (non-hydrogen) atoms. The Morgan fingerprint density at radius 1 is 1.26 bits per heavy atom. The predicted octanol–water partition coefficient (Wildman–Crippen LogP) is 3.22. The van der Waals surface area contributed by atoms with Crippen LogP contribution in [0.2, 0.25) is 0 Å². The monoisotopic (exact) mass is 259 g/mol. The SMILES string of the molecule is Cc1ccc(NC(C)c2cn(C)nc2C)c(C)c1O. The Bertz CT molecular complexity index is 602. The van der Waals surface area contributed by atoms with Crippen molar-refractivity contribution in [2.75, 3.05) is 5.32 Å². The fourth-order valence-corrected chi connectivity index (χ4v) is 2.35. The molecule has 102 valence electrons. The molecule has 4 heteroatoms. The fourth-order valence-electron chi connectivity index (χ4n) is 2.35. The number of aryl methyl sites for hydroxylation is 3. The molecule has 0 amide bonds. The Balaban J connectivity index is 2.27. The van der Waals surface area contributed by atoms with Gasteiger partial charge in [0.25, 0.3) is 0 Å². The minimum Gasteiger partial charge on any atom is -0.507 e. The predicted molar refractivity (Wildman–Crippen MR) is 77.6 cm³/mol. The smallest absolute Gasteiger partial charge is 0.123 e. The van der Waals surface area contributed by atoms with Gasteiger partial charge in [-0.3, -0.25) is 4.68 Å². The Hall–Kier alpha value is -1.97. The molecule has 1 unspecified atom stereocenters. The van der Waals surface area contributed by atoms with Gasteiger partial charge in [-0.05, 0) is 39.3 Å². The van der Waals surface area contributed by atoms with E-state index in [2.05, 4.69) is 17.3 Å². The van der Waals surface area contributed by atoms with E-state index in [1.54, 1.807) is 0 Å². The van der Waals surface area contributed by atoms with Gasteiger partial charge in [-0.2, -0.15) is 5.10 Å². The quantitative estimate of drug-likeness (QED) is 0.889. The van der Waals surface area contributed by atoms with Gasteiger partial charge in [0, 0.05) is 30.1 Å². The van der Waals surface area contributed by atoms with Gasteiger partial charge in [-0.15, -0.1) is 0 Å². The standard InChI is InChI=1S/C15H21N3O/c1-9-6-7-14(10(2)15(9)19)16-11(3)13-8-18(5)17-12(13)4/h6-8,11,16,19H,1-5H3. The zero-order valence-corrected chi connectivity index (χ0v) is 12.2. The molecule has 1 atom stereocenters. The van der Waals surface area contributed by atoms with Crippen molar-refractivity contribution in [3.05, 3.63) is 40.7 Å². The summed E-state index contributed by atoms with van der Waals surface area (Å²) >= 11 is 0. The maximum Gasteiger partial charge on any atom is 0.123 e. The van der Waals surface area contributed by atoms with E-state index < -0.39 is 0 Å². The average Bonchev–Trinajstić information content (AvgIpc) is 2.69. The summed E-state index contributed by atoms with van der Waals surface area (Å²) in [6.07, 6.45) is 2.02. The van der Waals surface area contributed by atoms with Crippen LogP contribution in [0, 0.1) is 20.8 Å². The Kier molecular flexibility index (Phi) is 3.51. The van der Waals surface area contributed by atoms with Gasteiger partial charge in [0.1, 0.15) is 5.75 Å². The van der Waals surface area contributed by atoms with E-state index >= 15 is 0 Å². The van der Waals surface area contributed by atoms with E-state index in [1.165, 1.54) is 5.56 Å². The Morgan fingerprint density at radius 2 is 1.95 bits per heavy atom. The molecule has 4 nitrogen and oxygen atoms in total.